The van der Waals surface area contributed by atoms with Crippen molar-refractivity contribution in [1.29, 1.82) is 0 Å². The molecule has 1 saturated heterocycles. The van der Waals surface area contributed by atoms with Crippen LogP contribution in [0.15, 0.2) is 42.5 Å². The predicted molar refractivity (Wildman–Crippen MR) is 140 cm³/mol. The summed E-state index contributed by atoms with van der Waals surface area (Å²) in [5, 5.41) is 0. The molecule has 1 aromatic heterocycles. The fourth-order valence-electron chi connectivity index (χ4n) is 4.76. The van der Waals surface area contributed by atoms with Crippen LogP contribution in [0.4, 0.5) is 11.4 Å². The van der Waals surface area contributed by atoms with Crippen LogP contribution in [0.5, 0.6) is 0 Å². The highest BCUT2D eigenvalue weighted by Crippen LogP contribution is 2.24. The molecule has 1 amide bonds. The molecule has 0 unspecified atom stereocenters. The fraction of sp³-hybridized carbons (Fsp3) is 0.429. The third-order valence-corrected chi connectivity index (χ3v) is 6.94. The van der Waals surface area contributed by atoms with Gasteiger partial charge in [-0.1, -0.05) is 29.8 Å². The Hall–Kier alpha value is -3.12. The van der Waals surface area contributed by atoms with Crippen LogP contribution in [0.25, 0.3) is 0 Å². The molecule has 180 valence electrons. The second-order valence-corrected chi connectivity index (χ2v) is 9.49. The molecule has 1 fully saturated rings. The van der Waals surface area contributed by atoms with Crippen LogP contribution in [-0.2, 0) is 0 Å². The number of carbonyl (C=O) groups is 1. The van der Waals surface area contributed by atoms with Crippen LogP contribution < -0.4 is 9.80 Å². The SMILES string of the molecule is Cc1ccc(N(CCCN2CCN(c3cccc(C)c3C)CC2)C(=O)c2nc(C)[nH]c2C)cc1. The molecule has 0 saturated carbocycles. The molecular formula is C28H37N5O. The topological polar surface area (TPSA) is 55.5 Å². The van der Waals surface area contributed by atoms with Crippen molar-refractivity contribution in [3.8, 4) is 0 Å². The van der Waals surface area contributed by atoms with Crippen molar-refractivity contribution in [2.45, 2.75) is 41.0 Å². The van der Waals surface area contributed by atoms with Crippen molar-refractivity contribution in [1.82, 2.24) is 14.9 Å². The molecule has 1 aliphatic rings. The Kier molecular flexibility index (Phi) is 7.37. The van der Waals surface area contributed by atoms with Gasteiger partial charge in [-0.15, -0.1) is 0 Å². The smallest absolute Gasteiger partial charge is 0.278 e. The number of carbonyl (C=O) groups excluding carboxylic acids is 1. The number of rotatable bonds is 7. The number of H-pyrrole nitrogens is 1. The van der Waals surface area contributed by atoms with Crippen LogP contribution in [0.1, 0.15) is 45.1 Å². The van der Waals surface area contributed by atoms with E-state index in [0.29, 0.717) is 12.2 Å². The number of amides is 1. The first-order valence-electron chi connectivity index (χ1n) is 12.3. The summed E-state index contributed by atoms with van der Waals surface area (Å²) < 4.78 is 0. The molecular weight excluding hydrogens is 422 g/mol. The zero-order chi connectivity index (χ0) is 24.2. The minimum atomic E-state index is -0.0366. The number of hydrogen-bond acceptors (Lipinski definition) is 4. The zero-order valence-electron chi connectivity index (χ0n) is 21.2. The van der Waals surface area contributed by atoms with Gasteiger partial charge in [0.1, 0.15) is 11.5 Å². The Labute approximate surface area is 203 Å². The second-order valence-electron chi connectivity index (χ2n) is 9.49. The van der Waals surface area contributed by atoms with Gasteiger partial charge < -0.3 is 14.8 Å². The highest BCUT2D eigenvalue weighted by molar-refractivity contribution is 6.05. The molecule has 2 heterocycles. The second kappa shape index (κ2) is 10.4. The van der Waals surface area contributed by atoms with Gasteiger partial charge >= 0.3 is 0 Å². The van der Waals surface area contributed by atoms with E-state index in [1.54, 1.807) is 0 Å². The zero-order valence-corrected chi connectivity index (χ0v) is 21.2. The summed E-state index contributed by atoms with van der Waals surface area (Å²) in [5.74, 6) is 0.733. The van der Waals surface area contributed by atoms with Gasteiger partial charge in [0.25, 0.3) is 5.91 Å². The van der Waals surface area contributed by atoms with Crippen molar-refractivity contribution in [2.75, 3.05) is 49.1 Å². The molecule has 0 aliphatic carbocycles. The Morgan fingerprint density at radius 1 is 0.971 bits per heavy atom. The van der Waals surface area contributed by atoms with Gasteiger partial charge in [0, 0.05) is 49.8 Å². The molecule has 2 aromatic carbocycles. The molecule has 1 aliphatic heterocycles. The summed E-state index contributed by atoms with van der Waals surface area (Å²) in [6.07, 6.45) is 0.922. The van der Waals surface area contributed by atoms with Gasteiger partial charge in [-0.25, -0.2) is 4.98 Å². The molecule has 1 N–H and O–H groups in total. The number of nitrogens with one attached hydrogen (secondary N) is 1. The van der Waals surface area contributed by atoms with E-state index in [1.165, 1.54) is 22.4 Å². The number of anilines is 2. The number of imidazole rings is 1. The van der Waals surface area contributed by atoms with E-state index in [1.807, 2.05) is 30.9 Å². The molecule has 6 heteroatoms. The van der Waals surface area contributed by atoms with Crippen LogP contribution >= 0.6 is 0 Å². The highest BCUT2D eigenvalue weighted by atomic mass is 16.2. The quantitative estimate of drug-likeness (QED) is 0.551. The molecule has 34 heavy (non-hydrogen) atoms. The molecule has 0 spiro atoms. The number of aromatic nitrogens is 2. The maximum absolute atomic E-state index is 13.4. The van der Waals surface area contributed by atoms with Gasteiger partial charge in [-0.3, -0.25) is 9.69 Å². The van der Waals surface area contributed by atoms with E-state index in [-0.39, 0.29) is 5.91 Å². The van der Waals surface area contributed by atoms with Crippen molar-refractivity contribution in [3.05, 3.63) is 76.4 Å². The standard InChI is InChI=1S/C28H37N5O/c1-20-10-12-25(13-11-20)33(28(34)27-23(4)29-24(5)30-27)15-7-14-31-16-18-32(19-17-31)26-9-6-8-21(2)22(26)3/h6,8-13H,7,14-19H2,1-5H3,(H,29,30). The monoisotopic (exact) mass is 459 g/mol. The molecule has 6 nitrogen and oxygen atoms in total. The summed E-state index contributed by atoms with van der Waals surface area (Å²) in [6, 6.07) is 14.8. The van der Waals surface area contributed by atoms with Crippen molar-refractivity contribution < 1.29 is 4.79 Å². The number of piperazine rings is 1. The molecule has 4 rings (SSSR count). The van der Waals surface area contributed by atoms with Crippen LogP contribution in [-0.4, -0.2) is 60.0 Å². The van der Waals surface area contributed by atoms with E-state index in [0.717, 1.165) is 56.4 Å². The Bertz CT molecular complexity index is 1130. The largest absolute Gasteiger partial charge is 0.369 e. The lowest BCUT2D eigenvalue weighted by atomic mass is 10.1. The molecule has 3 aromatic rings. The Morgan fingerprint density at radius 2 is 1.68 bits per heavy atom. The summed E-state index contributed by atoms with van der Waals surface area (Å²) in [7, 11) is 0. The molecule has 0 bridgehead atoms. The normalized spacial score (nSPS) is 14.4. The van der Waals surface area contributed by atoms with Crippen LogP contribution in [0.3, 0.4) is 0 Å². The average Bonchev–Trinajstić information content (AvgIpc) is 3.17. The minimum absolute atomic E-state index is 0.0366. The maximum Gasteiger partial charge on any atom is 0.278 e. The summed E-state index contributed by atoms with van der Waals surface area (Å²) in [6.45, 7) is 16.1. The van der Waals surface area contributed by atoms with Gasteiger partial charge in [-0.05, 0) is 76.9 Å². The highest BCUT2D eigenvalue weighted by Gasteiger charge is 2.23. The Morgan fingerprint density at radius 3 is 2.32 bits per heavy atom. The number of aryl methyl sites for hydroxylation is 4. The first kappa shape index (κ1) is 24.0. The third-order valence-electron chi connectivity index (χ3n) is 6.94. The third kappa shape index (κ3) is 5.33. The fourth-order valence-corrected chi connectivity index (χ4v) is 4.76. The van der Waals surface area contributed by atoms with E-state index in [4.69, 9.17) is 0 Å². The van der Waals surface area contributed by atoms with Gasteiger partial charge in [0.2, 0.25) is 0 Å². The van der Waals surface area contributed by atoms with Crippen molar-refractivity contribution in [2.24, 2.45) is 0 Å². The van der Waals surface area contributed by atoms with E-state index in [2.05, 4.69) is 70.9 Å². The lowest BCUT2D eigenvalue weighted by Crippen LogP contribution is -2.47. The van der Waals surface area contributed by atoms with Gasteiger partial charge in [0.05, 0.1) is 0 Å². The minimum Gasteiger partial charge on any atom is -0.369 e. The number of aromatic amines is 1. The van der Waals surface area contributed by atoms with E-state index >= 15 is 0 Å². The lowest BCUT2D eigenvalue weighted by Gasteiger charge is -2.37. The van der Waals surface area contributed by atoms with Gasteiger partial charge in [-0.2, -0.15) is 0 Å². The molecule has 0 atom stereocenters. The van der Waals surface area contributed by atoms with Crippen LogP contribution in [0, 0.1) is 34.6 Å². The van der Waals surface area contributed by atoms with Crippen molar-refractivity contribution >= 4 is 17.3 Å². The summed E-state index contributed by atoms with van der Waals surface area (Å²) in [5.41, 5.74) is 7.54. The predicted octanol–water partition coefficient (Wildman–Crippen LogP) is 4.81. The molecule has 0 radical (unpaired) electrons. The summed E-state index contributed by atoms with van der Waals surface area (Å²) >= 11 is 0. The lowest BCUT2D eigenvalue weighted by molar-refractivity contribution is 0.0980. The number of hydrogen-bond donors (Lipinski definition) is 1. The number of benzene rings is 2. The van der Waals surface area contributed by atoms with Gasteiger partial charge in [0.15, 0.2) is 0 Å². The van der Waals surface area contributed by atoms with Crippen LogP contribution in [0.2, 0.25) is 0 Å². The Balaban J connectivity index is 1.37. The maximum atomic E-state index is 13.4. The number of nitrogens with zero attached hydrogens (tertiary/aromatic N) is 4. The average molecular weight is 460 g/mol. The first-order valence-corrected chi connectivity index (χ1v) is 12.3. The van der Waals surface area contributed by atoms with E-state index < -0.39 is 0 Å². The summed E-state index contributed by atoms with van der Waals surface area (Å²) in [4.78, 5) is 28.0. The first-order chi connectivity index (χ1) is 16.3. The van der Waals surface area contributed by atoms with Crippen molar-refractivity contribution in [3.63, 3.8) is 0 Å². The van der Waals surface area contributed by atoms with E-state index in [9.17, 15) is 4.79 Å².